The summed E-state index contributed by atoms with van der Waals surface area (Å²) in [5, 5.41) is 4.44. The first kappa shape index (κ1) is 17.7. The van der Waals surface area contributed by atoms with E-state index in [1.165, 1.54) is 24.9 Å². The first-order valence-corrected chi connectivity index (χ1v) is 9.73. The number of anilines is 2. The Hall–Kier alpha value is -2.75. The van der Waals surface area contributed by atoms with Crippen molar-refractivity contribution < 1.29 is 4.42 Å². The van der Waals surface area contributed by atoms with Gasteiger partial charge in [0.05, 0.1) is 0 Å². The Morgan fingerprint density at radius 3 is 2.48 bits per heavy atom. The van der Waals surface area contributed by atoms with Gasteiger partial charge in [-0.2, -0.15) is 0 Å². The molecular weight excluding hydrogens is 336 g/mol. The fourth-order valence-corrected chi connectivity index (χ4v) is 3.81. The normalized spacial score (nSPS) is 14.5. The lowest BCUT2D eigenvalue weighted by molar-refractivity contribution is 0.556. The number of nitrogens with zero attached hydrogens (tertiary/aromatic N) is 1. The Kier molecular flexibility index (Phi) is 4.88. The highest BCUT2D eigenvalue weighted by Gasteiger charge is 2.11. The average molecular weight is 362 g/mol. The van der Waals surface area contributed by atoms with Crippen LogP contribution in [-0.2, 0) is 6.54 Å². The SMILES string of the molecule is Cc1ccc2c(CNc3ccc(N4CCCCC4)cc3)cc(=O)oc2c1C. The maximum Gasteiger partial charge on any atom is 0.336 e. The van der Waals surface area contributed by atoms with E-state index in [-0.39, 0.29) is 5.63 Å². The zero-order valence-electron chi connectivity index (χ0n) is 16.0. The summed E-state index contributed by atoms with van der Waals surface area (Å²) >= 11 is 0. The second-order valence-electron chi connectivity index (χ2n) is 7.42. The third-order valence-corrected chi connectivity index (χ3v) is 5.59. The van der Waals surface area contributed by atoms with Crippen LogP contribution in [0.1, 0.15) is 36.0 Å². The minimum atomic E-state index is -0.298. The summed E-state index contributed by atoms with van der Waals surface area (Å²) in [4.78, 5) is 14.5. The van der Waals surface area contributed by atoms with Gasteiger partial charge in [0.1, 0.15) is 5.58 Å². The van der Waals surface area contributed by atoms with Gasteiger partial charge in [0.25, 0.3) is 0 Å². The van der Waals surface area contributed by atoms with Crippen molar-refractivity contribution in [3.05, 3.63) is 69.6 Å². The largest absolute Gasteiger partial charge is 0.422 e. The molecule has 1 saturated heterocycles. The third-order valence-electron chi connectivity index (χ3n) is 5.59. The molecule has 0 saturated carbocycles. The maximum atomic E-state index is 12.0. The van der Waals surface area contributed by atoms with Crippen molar-refractivity contribution in [2.24, 2.45) is 0 Å². The van der Waals surface area contributed by atoms with E-state index in [9.17, 15) is 4.79 Å². The van der Waals surface area contributed by atoms with Gasteiger partial charge in [0.15, 0.2) is 0 Å². The van der Waals surface area contributed by atoms with Crippen molar-refractivity contribution in [1.82, 2.24) is 0 Å². The first-order valence-electron chi connectivity index (χ1n) is 9.73. The third kappa shape index (κ3) is 3.70. The van der Waals surface area contributed by atoms with E-state index in [1.54, 1.807) is 6.07 Å². The smallest absolute Gasteiger partial charge is 0.336 e. The second kappa shape index (κ2) is 7.47. The lowest BCUT2D eigenvalue weighted by Gasteiger charge is -2.28. The van der Waals surface area contributed by atoms with E-state index in [4.69, 9.17) is 4.42 Å². The number of piperidine rings is 1. The molecule has 2 aromatic carbocycles. The molecule has 0 amide bonds. The van der Waals surface area contributed by atoms with Gasteiger partial charge in [-0.25, -0.2) is 4.79 Å². The van der Waals surface area contributed by atoms with Gasteiger partial charge in [0.2, 0.25) is 0 Å². The molecule has 0 radical (unpaired) electrons. The molecule has 0 bridgehead atoms. The molecule has 1 N–H and O–H groups in total. The van der Waals surface area contributed by atoms with Gasteiger partial charge in [-0.3, -0.25) is 0 Å². The van der Waals surface area contributed by atoms with Crippen molar-refractivity contribution in [3.8, 4) is 0 Å². The summed E-state index contributed by atoms with van der Waals surface area (Å²) in [6, 6.07) is 14.3. The molecule has 2 heterocycles. The Morgan fingerprint density at radius 2 is 1.74 bits per heavy atom. The van der Waals surface area contributed by atoms with Gasteiger partial charge in [0, 0.05) is 42.5 Å². The predicted molar refractivity (Wildman–Crippen MR) is 112 cm³/mol. The van der Waals surface area contributed by atoms with Crippen molar-refractivity contribution in [1.29, 1.82) is 0 Å². The standard InChI is InChI=1S/C23H26N2O2/c1-16-6-11-21-18(14-22(26)27-23(21)17(16)2)15-24-19-7-9-20(10-8-19)25-12-4-3-5-13-25/h6-11,14,24H,3-5,12-13,15H2,1-2H3. The minimum Gasteiger partial charge on any atom is -0.422 e. The molecule has 4 rings (SSSR count). The molecule has 1 aromatic heterocycles. The highest BCUT2D eigenvalue weighted by atomic mass is 16.4. The molecule has 4 heteroatoms. The number of fused-ring (bicyclic) bond motifs is 1. The molecule has 0 atom stereocenters. The van der Waals surface area contributed by atoms with Gasteiger partial charge in [-0.05, 0) is 74.1 Å². The Morgan fingerprint density at radius 1 is 1.00 bits per heavy atom. The maximum absolute atomic E-state index is 12.0. The van der Waals surface area contributed by atoms with Crippen LogP contribution >= 0.6 is 0 Å². The summed E-state index contributed by atoms with van der Waals surface area (Å²) in [5.74, 6) is 0. The van der Waals surface area contributed by atoms with Crippen LogP contribution in [0.25, 0.3) is 11.0 Å². The van der Waals surface area contributed by atoms with E-state index in [1.807, 2.05) is 19.9 Å². The van der Waals surface area contributed by atoms with Crippen molar-refractivity contribution in [2.75, 3.05) is 23.3 Å². The molecule has 4 nitrogen and oxygen atoms in total. The van der Waals surface area contributed by atoms with Crippen LogP contribution in [0, 0.1) is 13.8 Å². The van der Waals surface area contributed by atoms with Crippen LogP contribution in [0.3, 0.4) is 0 Å². The van der Waals surface area contributed by atoms with Crippen LogP contribution in [-0.4, -0.2) is 13.1 Å². The van der Waals surface area contributed by atoms with Crippen molar-refractivity contribution >= 4 is 22.3 Å². The van der Waals surface area contributed by atoms with Gasteiger partial charge < -0.3 is 14.6 Å². The summed E-state index contributed by atoms with van der Waals surface area (Å²) in [7, 11) is 0. The number of benzene rings is 2. The van der Waals surface area contributed by atoms with E-state index >= 15 is 0 Å². The quantitative estimate of drug-likeness (QED) is 0.663. The molecule has 1 aliphatic rings. The Labute approximate surface area is 159 Å². The van der Waals surface area contributed by atoms with Crippen LogP contribution in [0.5, 0.6) is 0 Å². The number of hydrogen-bond donors (Lipinski definition) is 1. The molecule has 3 aromatic rings. The van der Waals surface area contributed by atoms with Crippen LogP contribution in [0.2, 0.25) is 0 Å². The van der Waals surface area contributed by atoms with Gasteiger partial charge >= 0.3 is 5.63 Å². The Bertz CT molecular complexity index is 999. The Balaban J connectivity index is 1.53. The zero-order valence-corrected chi connectivity index (χ0v) is 16.0. The fraction of sp³-hybridized carbons (Fsp3) is 0.348. The molecule has 0 spiro atoms. The number of hydrogen-bond acceptors (Lipinski definition) is 4. The van der Waals surface area contributed by atoms with Crippen molar-refractivity contribution in [2.45, 2.75) is 39.7 Å². The molecule has 0 aliphatic carbocycles. The summed E-state index contributed by atoms with van der Waals surface area (Å²) in [6.07, 6.45) is 3.90. The van der Waals surface area contributed by atoms with Crippen LogP contribution < -0.4 is 15.8 Å². The van der Waals surface area contributed by atoms with E-state index in [0.717, 1.165) is 40.9 Å². The monoisotopic (exact) mass is 362 g/mol. The number of rotatable bonds is 4. The lowest BCUT2D eigenvalue weighted by atomic mass is 10.0. The van der Waals surface area contributed by atoms with Crippen molar-refractivity contribution in [3.63, 3.8) is 0 Å². The molecule has 0 unspecified atom stereocenters. The minimum absolute atomic E-state index is 0.298. The molecule has 1 fully saturated rings. The van der Waals surface area contributed by atoms with E-state index in [2.05, 4.69) is 40.5 Å². The van der Waals surface area contributed by atoms with E-state index < -0.39 is 0 Å². The highest BCUT2D eigenvalue weighted by molar-refractivity contribution is 5.84. The topological polar surface area (TPSA) is 45.5 Å². The van der Waals surface area contributed by atoms with Crippen LogP contribution in [0.15, 0.2) is 51.7 Å². The fourth-order valence-electron chi connectivity index (χ4n) is 3.81. The van der Waals surface area contributed by atoms with E-state index in [0.29, 0.717) is 12.1 Å². The lowest BCUT2D eigenvalue weighted by Crippen LogP contribution is -2.29. The average Bonchev–Trinajstić information content (AvgIpc) is 2.70. The second-order valence-corrected chi connectivity index (χ2v) is 7.42. The number of nitrogens with one attached hydrogen (secondary N) is 1. The highest BCUT2D eigenvalue weighted by Crippen LogP contribution is 2.25. The molecule has 140 valence electrons. The number of aryl methyl sites for hydroxylation is 2. The van der Waals surface area contributed by atoms with Gasteiger partial charge in [-0.15, -0.1) is 0 Å². The van der Waals surface area contributed by atoms with Crippen LogP contribution in [0.4, 0.5) is 11.4 Å². The molecular formula is C23H26N2O2. The first-order chi connectivity index (χ1) is 13.1. The molecule has 1 aliphatic heterocycles. The summed E-state index contributed by atoms with van der Waals surface area (Å²) in [6.45, 7) is 6.92. The zero-order chi connectivity index (χ0) is 18.8. The van der Waals surface area contributed by atoms with Gasteiger partial charge in [-0.1, -0.05) is 12.1 Å². The summed E-state index contributed by atoms with van der Waals surface area (Å²) in [5.41, 5.74) is 5.86. The molecule has 27 heavy (non-hydrogen) atoms. The summed E-state index contributed by atoms with van der Waals surface area (Å²) < 4.78 is 5.46. The predicted octanol–water partition coefficient (Wildman–Crippen LogP) is 5.01.